The summed E-state index contributed by atoms with van der Waals surface area (Å²) in [7, 11) is -2.24. The molecule has 0 unspecified atom stereocenters. The van der Waals surface area contributed by atoms with Crippen LogP contribution in [-0.4, -0.2) is 101 Å². The molecule has 0 aliphatic heterocycles. The molecule has 0 radical (unpaired) electrons. The smallest absolute Gasteiger partial charge is 0.335 e. The van der Waals surface area contributed by atoms with Gasteiger partial charge < -0.3 is 19.7 Å². The van der Waals surface area contributed by atoms with Crippen molar-refractivity contribution < 1.29 is 29.3 Å². The summed E-state index contributed by atoms with van der Waals surface area (Å²) < 4.78 is 18.6. The number of benzene rings is 2. The van der Waals surface area contributed by atoms with Crippen LogP contribution in [0.15, 0.2) is 110 Å². The molecule has 0 aliphatic carbocycles. The molecule has 0 fully saturated rings. The number of nitrogens with zero attached hydrogens (tertiary/aromatic N) is 10. The third-order valence-corrected chi connectivity index (χ3v) is 13.3. The Morgan fingerprint density at radius 3 is 1.69 bits per heavy atom. The maximum absolute atomic E-state index is 11.3. The van der Waals surface area contributed by atoms with Crippen LogP contribution in [0.5, 0.6) is 0 Å². The minimum Gasteiger partial charge on any atom is -0.478 e. The van der Waals surface area contributed by atoms with Crippen molar-refractivity contribution in [2.45, 2.75) is 64.8 Å². The highest BCUT2D eigenvalue weighted by atomic mass is 28.3. The van der Waals surface area contributed by atoms with Gasteiger partial charge in [0.1, 0.15) is 13.5 Å². The summed E-state index contributed by atoms with van der Waals surface area (Å²) in [5.74, 6) is -1.11. The van der Waals surface area contributed by atoms with E-state index < -0.39 is 28.1 Å². The third kappa shape index (κ3) is 10.8. The van der Waals surface area contributed by atoms with Gasteiger partial charge in [-0.1, -0.05) is 63.5 Å². The number of rotatable bonds is 16. The molecule has 62 heavy (non-hydrogen) atoms. The number of aromatic nitrogens is 10. The van der Waals surface area contributed by atoms with Crippen molar-refractivity contribution in [2.24, 2.45) is 0 Å². The number of aromatic carboxylic acids is 2. The summed E-state index contributed by atoms with van der Waals surface area (Å²) in [6.07, 6.45) is 10.1. The zero-order valence-corrected chi connectivity index (χ0v) is 37.6. The lowest BCUT2D eigenvalue weighted by atomic mass is 10.1. The van der Waals surface area contributed by atoms with E-state index in [1.54, 1.807) is 21.8 Å². The van der Waals surface area contributed by atoms with Crippen molar-refractivity contribution in [3.05, 3.63) is 121 Å². The monoisotopic (exact) mass is 870 g/mol. The Labute approximate surface area is 360 Å². The number of fused-ring (bicyclic) bond motifs is 2. The second-order valence-electron chi connectivity index (χ2n) is 17.2. The van der Waals surface area contributed by atoms with Gasteiger partial charge in [-0.3, -0.25) is 0 Å². The molecule has 0 bridgehead atoms. The van der Waals surface area contributed by atoms with Gasteiger partial charge in [0.25, 0.3) is 0 Å². The van der Waals surface area contributed by atoms with E-state index in [2.05, 4.69) is 69.6 Å². The number of carboxylic acid groups (broad SMARTS) is 2. The zero-order chi connectivity index (χ0) is 44.0. The molecule has 6 aromatic heterocycles. The fourth-order valence-corrected chi connectivity index (χ4v) is 7.95. The van der Waals surface area contributed by atoms with Gasteiger partial charge in [0, 0.05) is 69.9 Å². The number of carboxylic acids is 2. The van der Waals surface area contributed by atoms with Crippen molar-refractivity contribution >= 4 is 49.9 Å². The van der Waals surface area contributed by atoms with Gasteiger partial charge >= 0.3 is 11.9 Å². The number of hydrogen-bond donors (Lipinski definition) is 2. The van der Waals surface area contributed by atoms with Crippen molar-refractivity contribution in [3.8, 4) is 34.2 Å². The first-order chi connectivity index (χ1) is 29.6. The van der Waals surface area contributed by atoms with E-state index in [0.717, 1.165) is 69.6 Å². The Morgan fingerprint density at radius 2 is 1.15 bits per heavy atom. The first kappa shape index (κ1) is 43.5. The average Bonchev–Trinajstić information content (AvgIpc) is 4.07. The van der Waals surface area contributed by atoms with E-state index >= 15 is 0 Å². The first-order valence-corrected chi connectivity index (χ1v) is 27.6. The highest BCUT2D eigenvalue weighted by Crippen LogP contribution is 2.28. The summed E-state index contributed by atoms with van der Waals surface area (Å²) in [6.45, 7) is 16.3. The Morgan fingerprint density at radius 1 is 0.613 bits per heavy atom. The Balaban J connectivity index is 0.000000186. The summed E-state index contributed by atoms with van der Waals surface area (Å²) in [5, 5.41) is 38.4. The van der Waals surface area contributed by atoms with Crippen LogP contribution in [-0.2, 0) is 22.9 Å². The first-order valence-electron chi connectivity index (χ1n) is 20.2. The maximum atomic E-state index is 11.3. The molecule has 16 nitrogen and oxygen atoms in total. The van der Waals surface area contributed by atoms with Crippen LogP contribution in [0.1, 0.15) is 20.7 Å². The highest BCUT2D eigenvalue weighted by molar-refractivity contribution is 6.76. The van der Waals surface area contributed by atoms with E-state index in [1.807, 2.05) is 70.3 Å². The van der Waals surface area contributed by atoms with Gasteiger partial charge in [-0.25, -0.2) is 38.3 Å². The molecule has 0 saturated carbocycles. The van der Waals surface area contributed by atoms with E-state index in [4.69, 9.17) is 9.47 Å². The molecule has 0 aliphatic rings. The van der Waals surface area contributed by atoms with Crippen LogP contribution in [0.4, 0.5) is 0 Å². The second kappa shape index (κ2) is 18.6. The lowest BCUT2D eigenvalue weighted by Gasteiger charge is -2.15. The lowest BCUT2D eigenvalue weighted by Crippen LogP contribution is -2.22. The predicted octanol–water partition coefficient (Wildman–Crippen LogP) is 8.59. The molecule has 2 aromatic carbocycles. The molecule has 0 spiro atoms. The minimum absolute atomic E-state index is 0.162. The molecular formula is C44H50N10O6Si2. The van der Waals surface area contributed by atoms with Gasteiger partial charge in [0.2, 0.25) is 0 Å². The van der Waals surface area contributed by atoms with Gasteiger partial charge in [0.15, 0.2) is 11.6 Å². The van der Waals surface area contributed by atoms with Crippen molar-refractivity contribution in [1.82, 2.24) is 49.1 Å². The fourth-order valence-electron chi connectivity index (χ4n) is 6.43. The lowest BCUT2D eigenvalue weighted by molar-refractivity contribution is 0.0686. The quantitative estimate of drug-likeness (QED) is 0.0696. The van der Waals surface area contributed by atoms with Crippen molar-refractivity contribution in [3.63, 3.8) is 0 Å². The summed E-state index contributed by atoms with van der Waals surface area (Å²) in [5.41, 5.74) is 5.60. The zero-order valence-electron chi connectivity index (χ0n) is 35.6. The normalized spacial score (nSPS) is 11.8. The SMILES string of the molecule is C[Si](C)(C)CCOCn1cc2ccc(-c3ccnn3-c3cc(C(=O)O)ccn3)cc2n1.C[Si](C)(C)CCOCn1ncc2ccc(-c3ccnn3-c3cc(C(=O)O)ccn3)cc21. The molecular weight excluding hydrogens is 821 g/mol. The summed E-state index contributed by atoms with van der Waals surface area (Å²) in [4.78, 5) is 31.2. The van der Waals surface area contributed by atoms with Gasteiger partial charge in [-0.2, -0.15) is 20.4 Å². The highest BCUT2D eigenvalue weighted by Gasteiger charge is 2.17. The maximum Gasteiger partial charge on any atom is 0.335 e. The molecule has 0 amide bonds. The van der Waals surface area contributed by atoms with Crippen molar-refractivity contribution in [2.75, 3.05) is 13.2 Å². The molecule has 0 atom stereocenters. The molecule has 18 heteroatoms. The fraction of sp³-hybridized carbons (Fsp3) is 0.273. The van der Waals surface area contributed by atoms with E-state index in [1.165, 1.54) is 36.7 Å². The second-order valence-corrected chi connectivity index (χ2v) is 28.5. The van der Waals surface area contributed by atoms with Crippen molar-refractivity contribution in [1.29, 1.82) is 0 Å². The average molecular weight is 871 g/mol. The van der Waals surface area contributed by atoms with Crippen LogP contribution in [0.25, 0.3) is 56.0 Å². The standard InChI is InChI=1S/2C22H25N5O3Si/c1-31(2,3)11-10-30-15-26-14-18-5-4-16(12-19(18)25-26)20-7-9-24-27(20)21-13-17(22(28)29)6-8-23-21;1-31(2,3)11-10-30-15-26-20-12-16(4-5-18(20)14-25-26)19-7-9-24-27(19)21-13-17(22(28)29)6-8-23-21/h2*4-9,12-14H,10-11,15H2,1-3H3,(H,28,29). The number of pyridine rings is 2. The third-order valence-electron chi connectivity index (χ3n) is 9.93. The van der Waals surface area contributed by atoms with E-state index in [9.17, 15) is 19.8 Å². The van der Waals surface area contributed by atoms with Crippen LogP contribution in [0.3, 0.4) is 0 Å². The summed E-state index contributed by atoms with van der Waals surface area (Å²) >= 11 is 0. The topological polar surface area (TPSA) is 190 Å². The minimum atomic E-state index is -1.14. The summed E-state index contributed by atoms with van der Waals surface area (Å²) in [6, 6.07) is 23.9. The molecule has 320 valence electrons. The van der Waals surface area contributed by atoms with Gasteiger partial charge in [-0.05, 0) is 60.6 Å². The molecule has 6 heterocycles. The number of ether oxygens (including phenoxy) is 2. The molecule has 2 N–H and O–H groups in total. The van der Waals surface area contributed by atoms with Crippen LogP contribution >= 0.6 is 0 Å². The Bertz CT molecular complexity index is 2830. The molecule has 8 aromatic rings. The van der Waals surface area contributed by atoms with Crippen LogP contribution < -0.4 is 0 Å². The van der Waals surface area contributed by atoms with Crippen LogP contribution in [0.2, 0.25) is 51.4 Å². The molecule has 0 saturated heterocycles. The van der Waals surface area contributed by atoms with E-state index in [0.29, 0.717) is 25.1 Å². The number of carbonyl (C=O) groups is 2. The van der Waals surface area contributed by atoms with Crippen LogP contribution in [0, 0.1) is 0 Å². The van der Waals surface area contributed by atoms with Gasteiger partial charge in [0.05, 0.1) is 52.1 Å². The van der Waals surface area contributed by atoms with Gasteiger partial charge in [-0.15, -0.1) is 0 Å². The number of hydrogen-bond acceptors (Lipinski definition) is 10. The van der Waals surface area contributed by atoms with E-state index in [-0.39, 0.29) is 11.1 Å². The Hall–Kier alpha value is -6.61. The predicted molar refractivity (Wildman–Crippen MR) is 242 cm³/mol. The molecule has 8 rings (SSSR count). The largest absolute Gasteiger partial charge is 0.478 e. The Kier molecular flexibility index (Phi) is 13.0.